The lowest BCUT2D eigenvalue weighted by molar-refractivity contribution is -0.592. The summed E-state index contributed by atoms with van der Waals surface area (Å²) in [6.45, 7) is 5.30. The number of thioether (sulfide) groups is 1. The second-order valence-electron chi connectivity index (χ2n) is 3.71. The molecule has 0 aromatic heterocycles. The molecular formula is C11H15N2S+. The summed E-state index contributed by atoms with van der Waals surface area (Å²) in [4.78, 5) is 1.45. The monoisotopic (exact) mass is 207 g/mol. The highest BCUT2D eigenvalue weighted by Gasteiger charge is 2.21. The number of rotatable bonds is 0. The van der Waals surface area contributed by atoms with Gasteiger partial charge in [0.15, 0.2) is 6.54 Å². The van der Waals surface area contributed by atoms with Gasteiger partial charge in [0.1, 0.15) is 0 Å². The molecule has 1 aliphatic heterocycles. The Morgan fingerprint density at radius 1 is 1.36 bits per heavy atom. The Bertz CT molecular complexity index is 397. The van der Waals surface area contributed by atoms with Gasteiger partial charge < -0.3 is 0 Å². The van der Waals surface area contributed by atoms with Gasteiger partial charge in [0.25, 0.3) is 0 Å². The van der Waals surface area contributed by atoms with E-state index in [-0.39, 0.29) is 0 Å². The number of nitrogens with zero attached hydrogens (tertiary/aromatic N) is 2. The minimum Gasteiger partial charge on any atom is -0.113 e. The molecule has 0 spiro atoms. The molecule has 0 saturated heterocycles. The van der Waals surface area contributed by atoms with Crippen LogP contribution in [0.1, 0.15) is 16.7 Å². The van der Waals surface area contributed by atoms with Gasteiger partial charge in [-0.05, 0) is 30.6 Å². The Morgan fingerprint density at radius 3 is 2.86 bits per heavy atom. The molecular weight excluding hydrogens is 192 g/mol. The van der Waals surface area contributed by atoms with Crippen LogP contribution in [0, 0.1) is 13.8 Å². The van der Waals surface area contributed by atoms with Crippen LogP contribution in [-0.2, 0) is 6.54 Å². The summed E-state index contributed by atoms with van der Waals surface area (Å²) in [5, 5.41) is 4.22. The van der Waals surface area contributed by atoms with Gasteiger partial charge in [0.2, 0.25) is 5.88 Å². The first kappa shape index (κ1) is 9.71. The molecule has 0 fully saturated rings. The molecule has 1 aromatic carbocycles. The zero-order valence-corrected chi connectivity index (χ0v) is 9.69. The van der Waals surface area contributed by atoms with Crippen molar-refractivity contribution in [3.05, 3.63) is 28.8 Å². The summed E-state index contributed by atoms with van der Waals surface area (Å²) in [5.41, 5.74) is 4.17. The fourth-order valence-corrected chi connectivity index (χ4v) is 2.96. The molecule has 2 rings (SSSR count). The van der Waals surface area contributed by atoms with E-state index in [1.54, 1.807) is 0 Å². The molecule has 0 radical (unpaired) electrons. The Balaban J connectivity index is 2.47. The second kappa shape index (κ2) is 3.73. The van der Waals surface area contributed by atoms with Crippen LogP contribution in [0.25, 0.3) is 0 Å². The standard InChI is InChI=1S/C11H15N2S/c1-8-4-9(2)11-10(5-8)6-13(12-3)7-14-11/h4-5H,6-7H2,1-3H3/q+1. The topological polar surface area (TPSA) is 15.4 Å². The van der Waals surface area contributed by atoms with Crippen molar-refractivity contribution in [3.63, 3.8) is 0 Å². The molecule has 1 heterocycles. The summed E-state index contributed by atoms with van der Waals surface area (Å²) in [7, 11) is 1.86. The number of benzene rings is 1. The Kier molecular flexibility index (Phi) is 2.59. The van der Waals surface area contributed by atoms with Crippen molar-refractivity contribution < 1.29 is 4.70 Å². The molecule has 0 bridgehead atoms. The van der Waals surface area contributed by atoms with Crippen LogP contribution in [0.15, 0.2) is 22.1 Å². The van der Waals surface area contributed by atoms with Crippen LogP contribution < -0.4 is 0 Å². The summed E-state index contributed by atoms with van der Waals surface area (Å²) in [6.07, 6.45) is 0. The number of hydrogen-bond acceptors (Lipinski definition) is 2. The largest absolute Gasteiger partial charge is 0.219 e. The SMILES string of the molecule is CN=[N+]1CSc2c(C)cc(C)cc2C1. The van der Waals surface area contributed by atoms with E-state index in [1.165, 1.54) is 21.6 Å². The maximum atomic E-state index is 4.22. The lowest BCUT2D eigenvalue weighted by Gasteiger charge is -2.15. The highest BCUT2D eigenvalue weighted by molar-refractivity contribution is 7.99. The summed E-state index contributed by atoms with van der Waals surface area (Å²) in [5.74, 6) is 0.980. The molecule has 2 nitrogen and oxygen atoms in total. The van der Waals surface area contributed by atoms with Crippen molar-refractivity contribution in [2.45, 2.75) is 25.3 Å². The Hall–Kier alpha value is -0.830. The number of aryl methyl sites for hydroxylation is 2. The van der Waals surface area contributed by atoms with E-state index in [0.29, 0.717) is 0 Å². The third-order valence-electron chi connectivity index (χ3n) is 2.49. The molecule has 14 heavy (non-hydrogen) atoms. The van der Waals surface area contributed by atoms with Gasteiger partial charge in [-0.1, -0.05) is 23.4 Å². The molecule has 0 atom stereocenters. The van der Waals surface area contributed by atoms with Gasteiger partial charge in [-0.15, -0.1) is 4.70 Å². The molecule has 3 heteroatoms. The van der Waals surface area contributed by atoms with Crippen LogP contribution in [0.2, 0.25) is 0 Å². The third kappa shape index (κ3) is 1.69. The fourth-order valence-electron chi connectivity index (χ4n) is 1.88. The molecule has 0 unspecified atom stereocenters. The van der Waals surface area contributed by atoms with Crippen molar-refractivity contribution in [3.8, 4) is 0 Å². The lowest BCUT2D eigenvalue weighted by Crippen LogP contribution is -2.15. The number of fused-ring (bicyclic) bond motifs is 1. The first-order chi connectivity index (χ1) is 6.70. The van der Waals surface area contributed by atoms with Crippen molar-refractivity contribution in [2.24, 2.45) is 5.11 Å². The van der Waals surface area contributed by atoms with Gasteiger partial charge in [0, 0.05) is 10.5 Å². The molecule has 0 amide bonds. The summed E-state index contributed by atoms with van der Waals surface area (Å²) in [6, 6.07) is 4.53. The van der Waals surface area contributed by atoms with Gasteiger partial charge in [-0.3, -0.25) is 0 Å². The Morgan fingerprint density at radius 2 is 2.14 bits per heavy atom. The minimum atomic E-state index is 0.960. The van der Waals surface area contributed by atoms with E-state index in [0.717, 1.165) is 12.4 Å². The third-order valence-corrected chi connectivity index (χ3v) is 3.79. The van der Waals surface area contributed by atoms with Gasteiger partial charge in [-0.2, -0.15) is 0 Å². The van der Waals surface area contributed by atoms with E-state index in [2.05, 4.69) is 35.8 Å². The zero-order chi connectivity index (χ0) is 10.1. The lowest BCUT2D eigenvalue weighted by atomic mass is 10.1. The maximum Gasteiger partial charge on any atom is 0.219 e. The zero-order valence-electron chi connectivity index (χ0n) is 8.87. The molecule has 0 aliphatic carbocycles. The predicted octanol–water partition coefficient (Wildman–Crippen LogP) is 2.96. The molecule has 1 aromatic rings. The van der Waals surface area contributed by atoms with E-state index in [1.807, 2.05) is 18.8 Å². The molecule has 0 N–H and O–H groups in total. The fraction of sp³-hybridized carbons (Fsp3) is 0.455. The van der Waals surface area contributed by atoms with Crippen LogP contribution >= 0.6 is 11.8 Å². The van der Waals surface area contributed by atoms with E-state index >= 15 is 0 Å². The van der Waals surface area contributed by atoms with E-state index < -0.39 is 0 Å². The number of azo groups is 2. The van der Waals surface area contributed by atoms with Crippen molar-refractivity contribution in [2.75, 3.05) is 12.9 Å². The van der Waals surface area contributed by atoms with Crippen LogP contribution in [0.3, 0.4) is 0 Å². The van der Waals surface area contributed by atoms with E-state index in [4.69, 9.17) is 0 Å². The first-order valence-corrected chi connectivity index (χ1v) is 5.77. The van der Waals surface area contributed by atoms with Crippen molar-refractivity contribution >= 4 is 11.8 Å². The summed E-state index contributed by atoms with van der Waals surface area (Å²) < 4.78 is 2.10. The van der Waals surface area contributed by atoms with Crippen LogP contribution in [0.5, 0.6) is 0 Å². The highest BCUT2D eigenvalue weighted by atomic mass is 32.2. The predicted molar refractivity (Wildman–Crippen MR) is 59.0 cm³/mol. The van der Waals surface area contributed by atoms with Crippen molar-refractivity contribution in [1.29, 1.82) is 0 Å². The maximum absolute atomic E-state index is 4.22. The molecule has 0 saturated carbocycles. The molecule has 74 valence electrons. The van der Waals surface area contributed by atoms with Crippen LogP contribution in [0.4, 0.5) is 0 Å². The van der Waals surface area contributed by atoms with Gasteiger partial charge >= 0.3 is 0 Å². The first-order valence-electron chi connectivity index (χ1n) is 4.78. The second-order valence-corrected chi connectivity index (χ2v) is 4.66. The molecule has 1 aliphatic rings. The van der Waals surface area contributed by atoms with Gasteiger partial charge in [0.05, 0.1) is 7.05 Å². The Labute approximate surface area is 89.0 Å². The smallest absolute Gasteiger partial charge is 0.113 e. The average molecular weight is 207 g/mol. The normalized spacial score (nSPS) is 18.4. The quantitative estimate of drug-likeness (QED) is 0.597. The average Bonchev–Trinajstić information content (AvgIpc) is 2.16. The van der Waals surface area contributed by atoms with E-state index in [9.17, 15) is 0 Å². The van der Waals surface area contributed by atoms with Crippen LogP contribution in [-0.4, -0.2) is 17.6 Å². The van der Waals surface area contributed by atoms with Crippen molar-refractivity contribution in [1.82, 2.24) is 0 Å². The minimum absolute atomic E-state index is 0.960. The number of hydrogen-bond donors (Lipinski definition) is 0. The highest BCUT2D eigenvalue weighted by Crippen LogP contribution is 2.32. The summed E-state index contributed by atoms with van der Waals surface area (Å²) >= 11 is 1.89. The van der Waals surface area contributed by atoms with Gasteiger partial charge in [-0.25, -0.2) is 0 Å².